The van der Waals surface area contributed by atoms with E-state index in [1.54, 1.807) is 0 Å². The molecule has 0 bridgehead atoms. The molecule has 3 aromatic rings. The van der Waals surface area contributed by atoms with Crippen LogP contribution in [-0.4, -0.2) is 0 Å². The van der Waals surface area contributed by atoms with E-state index < -0.39 is 10.2 Å². The zero-order valence-corrected chi connectivity index (χ0v) is 13.9. The highest BCUT2D eigenvalue weighted by Gasteiger charge is 2.18. The number of hydrogen-bond donors (Lipinski definition) is 0. The van der Waals surface area contributed by atoms with Gasteiger partial charge in [-0.2, -0.15) is 0 Å². The second kappa shape index (κ2) is 6.45. The maximum Gasteiger partial charge on any atom is 0.346 e. The lowest BCUT2D eigenvalue weighted by atomic mass is 10.1. The summed E-state index contributed by atoms with van der Waals surface area (Å²) >= 11 is 1.84. The van der Waals surface area contributed by atoms with Crippen molar-refractivity contribution < 1.29 is 33.3 Å². The first-order valence-electron chi connectivity index (χ1n) is 6.56. The molecule has 5 nitrogen and oxygen atoms in total. The van der Waals surface area contributed by atoms with E-state index in [1.165, 1.54) is 25.7 Å². The Bertz CT molecular complexity index is 801. The van der Waals surface area contributed by atoms with Crippen molar-refractivity contribution in [3.63, 3.8) is 0 Å². The molecule has 22 heavy (non-hydrogen) atoms. The fourth-order valence-corrected chi connectivity index (χ4v) is 3.50. The fraction of sp³-hybridized carbons (Fsp3) is 0.267. The van der Waals surface area contributed by atoms with Crippen LogP contribution in [0.2, 0.25) is 0 Å². The van der Waals surface area contributed by atoms with Crippen molar-refractivity contribution in [1.82, 2.24) is 0 Å². The van der Waals surface area contributed by atoms with Crippen molar-refractivity contribution >= 4 is 31.5 Å². The molecule has 3 rings (SSSR count). The average molecular weight is 343 g/mol. The Balaban J connectivity index is 0.000000309. The minimum Gasteiger partial charge on any atom is -0.222 e. The lowest BCUT2D eigenvalue weighted by Gasteiger charge is -2.17. The standard InChI is InChI=1S/C15H15OS.ClHO4/c1-4-13-15-12(8-10(3)16-13)11-7-9(2)5-6-14(11)17-15;2-1(3,4)5/h5-8H,4H2,1-3H3;(H,2,3,4,5)/q+1;/p-1. The number of halogens is 1. The van der Waals surface area contributed by atoms with Gasteiger partial charge in [0.25, 0.3) is 0 Å². The minimum absolute atomic E-state index is 0.948. The van der Waals surface area contributed by atoms with E-state index in [9.17, 15) is 0 Å². The van der Waals surface area contributed by atoms with Crippen molar-refractivity contribution in [2.45, 2.75) is 27.2 Å². The van der Waals surface area contributed by atoms with Gasteiger partial charge in [0.1, 0.15) is 4.70 Å². The van der Waals surface area contributed by atoms with Crippen LogP contribution in [0.15, 0.2) is 28.7 Å². The van der Waals surface area contributed by atoms with E-state index in [0.717, 1.165) is 17.9 Å². The minimum atomic E-state index is -4.94. The van der Waals surface area contributed by atoms with Crippen LogP contribution in [-0.2, 0) is 6.42 Å². The molecule has 0 atom stereocenters. The lowest BCUT2D eigenvalue weighted by molar-refractivity contribution is -2.00. The molecule has 0 aliphatic heterocycles. The first-order valence-corrected chi connectivity index (χ1v) is 8.61. The lowest BCUT2D eigenvalue weighted by Crippen LogP contribution is -2.68. The Kier molecular flexibility index (Phi) is 5.01. The van der Waals surface area contributed by atoms with E-state index in [4.69, 9.17) is 23.1 Å². The number of fused-ring (bicyclic) bond motifs is 3. The Morgan fingerprint density at radius 3 is 2.27 bits per heavy atom. The molecule has 0 unspecified atom stereocenters. The topological polar surface area (TPSA) is 104 Å². The molecule has 0 saturated heterocycles. The van der Waals surface area contributed by atoms with Gasteiger partial charge in [-0.3, -0.25) is 0 Å². The molecule has 0 aliphatic carbocycles. The summed E-state index contributed by atoms with van der Waals surface area (Å²) in [6, 6.07) is 8.82. The highest BCUT2D eigenvalue weighted by molar-refractivity contribution is 7.26. The highest BCUT2D eigenvalue weighted by atomic mass is 35.7. The molecule has 0 aliphatic rings. The molecule has 0 amide bonds. The van der Waals surface area contributed by atoms with Crippen LogP contribution in [0.3, 0.4) is 0 Å². The molecule has 7 heteroatoms. The largest absolute Gasteiger partial charge is 0.346 e. The Morgan fingerprint density at radius 1 is 1.05 bits per heavy atom. The summed E-state index contributed by atoms with van der Waals surface area (Å²) < 4.78 is 42.4. The smallest absolute Gasteiger partial charge is 0.222 e. The maximum atomic E-state index is 8.49. The third kappa shape index (κ3) is 4.13. The van der Waals surface area contributed by atoms with Gasteiger partial charge in [-0.1, -0.05) is 18.6 Å². The molecular formula is C15H15ClO5S. The normalized spacial score (nSPS) is 11.6. The first kappa shape index (κ1) is 17.1. The number of benzene rings is 1. The van der Waals surface area contributed by atoms with E-state index in [2.05, 4.69) is 38.1 Å². The van der Waals surface area contributed by atoms with Crippen molar-refractivity contribution in [3.05, 3.63) is 41.3 Å². The predicted octanol–water partition coefficient (Wildman–Crippen LogP) is 0.352. The van der Waals surface area contributed by atoms with E-state index in [-0.39, 0.29) is 0 Å². The van der Waals surface area contributed by atoms with Crippen LogP contribution in [0.5, 0.6) is 0 Å². The van der Waals surface area contributed by atoms with Crippen molar-refractivity contribution in [1.29, 1.82) is 0 Å². The summed E-state index contributed by atoms with van der Waals surface area (Å²) in [7, 11) is -4.94. The second-order valence-corrected chi connectivity index (χ2v) is 6.66. The zero-order chi connectivity index (χ0) is 16.5. The molecule has 0 saturated carbocycles. The molecule has 118 valence electrons. The van der Waals surface area contributed by atoms with Crippen molar-refractivity contribution in [2.24, 2.45) is 0 Å². The summed E-state index contributed by atoms with van der Waals surface area (Å²) in [5, 5.41) is 2.70. The van der Waals surface area contributed by atoms with Gasteiger partial charge in [0.15, 0.2) is 0 Å². The van der Waals surface area contributed by atoms with E-state index in [1.807, 2.05) is 18.3 Å². The van der Waals surface area contributed by atoms with Crippen LogP contribution in [0.4, 0.5) is 0 Å². The van der Waals surface area contributed by atoms with Crippen LogP contribution < -0.4 is 18.6 Å². The molecule has 0 fully saturated rings. The van der Waals surface area contributed by atoms with Crippen molar-refractivity contribution in [2.75, 3.05) is 0 Å². The molecule has 2 heterocycles. The van der Waals surface area contributed by atoms with Gasteiger partial charge in [0.2, 0.25) is 0 Å². The van der Waals surface area contributed by atoms with Gasteiger partial charge in [0, 0.05) is 21.5 Å². The van der Waals surface area contributed by atoms with Gasteiger partial charge in [-0.15, -0.1) is 21.6 Å². The quantitative estimate of drug-likeness (QED) is 0.594. The van der Waals surface area contributed by atoms with E-state index in [0.29, 0.717) is 0 Å². The van der Waals surface area contributed by atoms with Gasteiger partial charge in [0.05, 0.1) is 13.3 Å². The number of thiophene rings is 1. The van der Waals surface area contributed by atoms with Crippen molar-refractivity contribution in [3.8, 4) is 0 Å². The number of aryl methyl sites for hydroxylation is 3. The monoisotopic (exact) mass is 342 g/mol. The number of hydrogen-bond acceptors (Lipinski definition) is 5. The molecule has 0 N–H and O–H groups in total. The number of rotatable bonds is 1. The van der Waals surface area contributed by atoms with Gasteiger partial charge in [-0.25, -0.2) is 23.1 Å². The third-order valence-corrected chi connectivity index (χ3v) is 4.32. The van der Waals surface area contributed by atoms with Crippen LogP contribution in [0.25, 0.3) is 20.2 Å². The van der Waals surface area contributed by atoms with E-state index >= 15 is 0 Å². The first-order chi connectivity index (χ1) is 10.2. The van der Waals surface area contributed by atoms with Gasteiger partial charge >= 0.3 is 11.5 Å². The summed E-state index contributed by atoms with van der Waals surface area (Å²) in [6.07, 6.45) is 0.948. The van der Waals surface area contributed by atoms with Crippen LogP contribution in [0.1, 0.15) is 24.0 Å². The Labute approximate surface area is 133 Å². The van der Waals surface area contributed by atoms with Gasteiger partial charge in [-0.05, 0) is 19.1 Å². The van der Waals surface area contributed by atoms with Crippen LogP contribution in [0, 0.1) is 24.1 Å². The Hall–Kier alpha value is -1.28. The SMILES string of the molecule is CCc1[o+]c(C)cc2c1sc1ccc(C)cc12.[O-][Cl+3]([O-])([O-])[O-]. The zero-order valence-electron chi connectivity index (χ0n) is 12.3. The summed E-state index contributed by atoms with van der Waals surface area (Å²) in [5.74, 6) is 2.11. The highest BCUT2D eigenvalue weighted by Crippen LogP contribution is 2.37. The molecular weight excluding hydrogens is 328 g/mol. The molecule has 1 aromatic carbocycles. The van der Waals surface area contributed by atoms with Gasteiger partial charge < -0.3 is 0 Å². The second-order valence-electron chi connectivity index (χ2n) is 4.86. The molecule has 0 radical (unpaired) electrons. The third-order valence-electron chi connectivity index (χ3n) is 3.09. The Morgan fingerprint density at radius 2 is 1.68 bits per heavy atom. The van der Waals surface area contributed by atoms with Crippen LogP contribution >= 0.6 is 11.3 Å². The summed E-state index contributed by atoms with van der Waals surface area (Å²) in [4.78, 5) is 0. The predicted molar refractivity (Wildman–Crippen MR) is 74.9 cm³/mol. The summed E-state index contributed by atoms with van der Waals surface area (Å²) in [6.45, 7) is 6.31. The molecule has 2 aromatic heterocycles. The molecule has 0 spiro atoms. The fourth-order valence-electron chi connectivity index (χ4n) is 2.29. The summed E-state index contributed by atoms with van der Waals surface area (Å²) in [5.41, 5.74) is 1.31. The maximum absolute atomic E-state index is 8.49. The average Bonchev–Trinajstić information content (AvgIpc) is 2.74.